The molecule has 4 atom stereocenters. The molecule has 2 aliphatic rings. The first kappa shape index (κ1) is 13.4. The predicted octanol–water partition coefficient (Wildman–Crippen LogP) is 2.60. The van der Waals surface area contributed by atoms with E-state index in [1.165, 1.54) is 38.8 Å². The average Bonchev–Trinajstić information content (AvgIpc) is 2.84. The molecule has 0 amide bonds. The van der Waals surface area contributed by atoms with Crippen LogP contribution in [0.25, 0.3) is 0 Å². The summed E-state index contributed by atoms with van der Waals surface area (Å²) in [6.45, 7) is 7.10. The van der Waals surface area contributed by atoms with Crippen molar-refractivity contribution >= 4 is 0 Å². The fourth-order valence-electron chi connectivity index (χ4n) is 3.83. The van der Waals surface area contributed by atoms with E-state index in [4.69, 9.17) is 0 Å². The van der Waals surface area contributed by atoms with E-state index in [9.17, 15) is 0 Å². The molecule has 0 radical (unpaired) electrons. The van der Waals surface area contributed by atoms with Gasteiger partial charge in [-0.15, -0.1) is 0 Å². The Morgan fingerprint density at radius 3 is 2.41 bits per heavy atom. The first-order valence-corrected chi connectivity index (χ1v) is 7.44. The quantitative estimate of drug-likeness (QED) is 0.765. The maximum absolute atomic E-state index is 3.84. The average molecular weight is 238 g/mol. The van der Waals surface area contributed by atoms with Crippen LogP contribution >= 0.6 is 0 Å². The van der Waals surface area contributed by atoms with Gasteiger partial charge in [0, 0.05) is 12.6 Å². The minimum Gasteiger partial charge on any atom is -0.312 e. The molecule has 2 nitrogen and oxygen atoms in total. The number of fused-ring (bicyclic) bond motifs is 2. The molecule has 2 aliphatic carbocycles. The lowest BCUT2D eigenvalue weighted by molar-refractivity contribution is 0.251. The molecule has 1 N–H and O–H groups in total. The smallest absolute Gasteiger partial charge is 0.0217 e. The topological polar surface area (TPSA) is 15.3 Å². The second-order valence-electron chi connectivity index (χ2n) is 6.96. The highest BCUT2D eigenvalue weighted by atomic mass is 15.1. The number of hydrogen-bond acceptors (Lipinski definition) is 2. The van der Waals surface area contributed by atoms with Crippen LogP contribution in [0.4, 0.5) is 0 Å². The minimum atomic E-state index is 0.657. The number of likely N-dealkylation sites (N-methyl/N-ethyl adjacent to an activating group) is 1. The summed E-state index contributed by atoms with van der Waals surface area (Å²) in [6, 6.07) is 0.657. The summed E-state index contributed by atoms with van der Waals surface area (Å²) in [5.74, 6) is 3.85. The maximum atomic E-state index is 3.84. The number of hydrogen-bond donors (Lipinski definition) is 1. The molecule has 0 spiro atoms. The lowest BCUT2D eigenvalue weighted by Crippen LogP contribution is -2.44. The summed E-state index contributed by atoms with van der Waals surface area (Å²) in [5, 5.41) is 3.84. The van der Waals surface area contributed by atoms with Gasteiger partial charge in [-0.3, -0.25) is 0 Å². The molecule has 0 aromatic heterocycles. The molecule has 2 heteroatoms. The fraction of sp³-hybridized carbons (Fsp3) is 1.00. The van der Waals surface area contributed by atoms with Crippen molar-refractivity contribution in [3.8, 4) is 0 Å². The maximum Gasteiger partial charge on any atom is 0.0217 e. The number of nitrogens with zero attached hydrogens (tertiary/aromatic N) is 1. The van der Waals surface area contributed by atoms with E-state index in [0.29, 0.717) is 6.04 Å². The summed E-state index contributed by atoms with van der Waals surface area (Å²) in [6.07, 6.45) is 6.07. The van der Waals surface area contributed by atoms with Gasteiger partial charge in [-0.25, -0.2) is 0 Å². The zero-order valence-electron chi connectivity index (χ0n) is 12.1. The predicted molar refractivity (Wildman–Crippen MR) is 74.1 cm³/mol. The van der Waals surface area contributed by atoms with Crippen molar-refractivity contribution in [2.75, 3.05) is 27.2 Å². The van der Waals surface area contributed by atoms with Gasteiger partial charge < -0.3 is 10.2 Å². The molecule has 0 saturated heterocycles. The van der Waals surface area contributed by atoms with E-state index in [2.05, 4.69) is 38.2 Å². The van der Waals surface area contributed by atoms with E-state index >= 15 is 0 Å². The summed E-state index contributed by atoms with van der Waals surface area (Å²) in [7, 11) is 4.35. The van der Waals surface area contributed by atoms with Gasteiger partial charge in [0.15, 0.2) is 0 Å². The molecular formula is C15H30N2. The van der Waals surface area contributed by atoms with Crippen LogP contribution < -0.4 is 5.32 Å². The van der Waals surface area contributed by atoms with Crippen LogP contribution in [0.15, 0.2) is 0 Å². The van der Waals surface area contributed by atoms with Crippen LogP contribution in [-0.4, -0.2) is 38.1 Å². The molecule has 100 valence electrons. The van der Waals surface area contributed by atoms with Gasteiger partial charge in [0.2, 0.25) is 0 Å². The van der Waals surface area contributed by atoms with Gasteiger partial charge in [-0.2, -0.15) is 0 Å². The highest BCUT2D eigenvalue weighted by Gasteiger charge is 2.39. The standard InChI is InChI=1S/C15H30N2/c1-11(2)15(10-17(3)4)16-9-14-8-12-5-6-13(14)7-12/h11-16H,5-10H2,1-4H3. The molecule has 0 aromatic carbocycles. The minimum absolute atomic E-state index is 0.657. The molecular weight excluding hydrogens is 208 g/mol. The molecule has 17 heavy (non-hydrogen) atoms. The summed E-state index contributed by atoms with van der Waals surface area (Å²) in [5.41, 5.74) is 0. The first-order chi connectivity index (χ1) is 8.06. The Kier molecular flexibility index (Phi) is 4.48. The normalized spacial score (nSPS) is 33.9. The molecule has 2 saturated carbocycles. The largest absolute Gasteiger partial charge is 0.312 e. The van der Waals surface area contributed by atoms with Crippen molar-refractivity contribution in [3.05, 3.63) is 0 Å². The van der Waals surface area contributed by atoms with Crippen LogP contribution in [-0.2, 0) is 0 Å². The monoisotopic (exact) mass is 238 g/mol. The highest BCUT2D eigenvalue weighted by Crippen LogP contribution is 2.47. The Morgan fingerprint density at radius 1 is 1.18 bits per heavy atom. The third-order valence-electron chi connectivity index (χ3n) is 4.89. The Balaban J connectivity index is 1.75. The molecule has 0 heterocycles. The lowest BCUT2D eigenvalue weighted by atomic mass is 9.88. The Bertz CT molecular complexity index is 237. The molecule has 0 aromatic rings. The third kappa shape index (κ3) is 3.45. The van der Waals surface area contributed by atoms with Crippen molar-refractivity contribution in [1.29, 1.82) is 0 Å². The van der Waals surface area contributed by atoms with Gasteiger partial charge in [-0.05, 0) is 63.6 Å². The van der Waals surface area contributed by atoms with E-state index in [1.54, 1.807) is 0 Å². The van der Waals surface area contributed by atoms with Gasteiger partial charge >= 0.3 is 0 Å². The van der Waals surface area contributed by atoms with Gasteiger partial charge in [-0.1, -0.05) is 20.3 Å². The summed E-state index contributed by atoms with van der Waals surface area (Å²) in [4.78, 5) is 2.30. The Hall–Kier alpha value is -0.0800. The van der Waals surface area contributed by atoms with Crippen LogP contribution in [0.2, 0.25) is 0 Å². The fourth-order valence-corrected chi connectivity index (χ4v) is 3.83. The number of rotatable bonds is 6. The van der Waals surface area contributed by atoms with Crippen molar-refractivity contribution < 1.29 is 0 Å². The van der Waals surface area contributed by atoms with Crippen LogP contribution in [0.5, 0.6) is 0 Å². The van der Waals surface area contributed by atoms with Gasteiger partial charge in [0.25, 0.3) is 0 Å². The summed E-state index contributed by atoms with van der Waals surface area (Å²) < 4.78 is 0. The first-order valence-electron chi connectivity index (χ1n) is 7.44. The zero-order chi connectivity index (χ0) is 12.4. The van der Waals surface area contributed by atoms with Crippen molar-refractivity contribution in [3.63, 3.8) is 0 Å². The van der Waals surface area contributed by atoms with Crippen LogP contribution in [0.1, 0.15) is 39.5 Å². The number of nitrogens with one attached hydrogen (secondary N) is 1. The molecule has 2 rings (SSSR count). The van der Waals surface area contributed by atoms with Gasteiger partial charge in [0.05, 0.1) is 0 Å². The van der Waals surface area contributed by atoms with E-state index in [1.807, 2.05) is 0 Å². The van der Waals surface area contributed by atoms with E-state index < -0.39 is 0 Å². The van der Waals surface area contributed by atoms with Crippen LogP contribution in [0, 0.1) is 23.7 Å². The van der Waals surface area contributed by atoms with Crippen LogP contribution in [0.3, 0.4) is 0 Å². The Morgan fingerprint density at radius 2 is 1.94 bits per heavy atom. The zero-order valence-corrected chi connectivity index (χ0v) is 12.1. The molecule has 4 unspecified atom stereocenters. The second kappa shape index (κ2) is 5.71. The highest BCUT2D eigenvalue weighted by molar-refractivity contribution is 4.91. The van der Waals surface area contributed by atoms with Crippen molar-refractivity contribution in [2.45, 2.75) is 45.6 Å². The Labute approximate surface area is 107 Å². The van der Waals surface area contributed by atoms with E-state index in [-0.39, 0.29) is 0 Å². The second-order valence-corrected chi connectivity index (χ2v) is 6.96. The SMILES string of the molecule is CC(C)C(CN(C)C)NCC1CC2CCC1C2. The molecule has 2 bridgehead atoms. The molecule has 2 fully saturated rings. The third-order valence-corrected chi connectivity index (χ3v) is 4.89. The summed E-state index contributed by atoms with van der Waals surface area (Å²) >= 11 is 0. The molecule has 0 aliphatic heterocycles. The van der Waals surface area contributed by atoms with Crippen molar-refractivity contribution in [2.24, 2.45) is 23.7 Å². The van der Waals surface area contributed by atoms with Gasteiger partial charge in [0.1, 0.15) is 0 Å². The van der Waals surface area contributed by atoms with Crippen molar-refractivity contribution in [1.82, 2.24) is 10.2 Å². The lowest BCUT2D eigenvalue weighted by Gasteiger charge is -2.29. The van der Waals surface area contributed by atoms with E-state index in [0.717, 1.165) is 23.7 Å².